The van der Waals surface area contributed by atoms with Crippen molar-refractivity contribution in [2.75, 3.05) is 20.2 Å². The van der Waals surface area contributed by atoms with Gasteiger partial charge in [0.1, 0.15) is 6.61 Å². The molecule has 0 fully saturated rings. The summed E-state index contributed by atoms with van der Waals surface area (Å²) in [6.45, 7) is 0.145. The van der Waals surface area contributed by atoms with Crippen molar-refractivity contribution in [2.45, 2.75) is 25.5 Å². The van der Waals surface area contributed by atoms with Gasteiger partial charge < -0.3 is 14.7 Å². The van der Waals surface area contributed by atoms with Crippen molar-refractivity contribution in [3.63, 3.8) is 0 Å². The van der Waals surface area contributed by atoms with Gasteiger partial charge >= 0.3 is 6.09 Å². The van der Waals surface area contributed by atoms with E-state index in [0.29, 0.717) is 24.0 Å². The summed E-state index contributed by atoms with van der Waals surface area (Å²) in [4.78, 5) is 39.6. The van der Waals surface area contributed by atoms with Gasteiger partial charge in [0.05, 0.1) is 23.8 Å². The summed E-state index contributed by atoms with van der Waals surface area (Å²) >= 11 is 0. The predicted molar refractivity (Wildman–Crippen MR) is 106 cm³/mol. The number of benzene rings is 2. The number of hydrogen-bond acceptors (Lipinski definition) is 5. The molecule has 3 amide bonds. The number of imide groups is 1. The smallest absolute Gasteiger partial charge is 0.410 e. The maximum absolute atomic E-state index is 12.4. The zero-order valence-electron chi connectivity index (χ0n) is 16.3. The third kappa shape index (κ3) is 4.63. The molecule has 1 atom stereocenters. The molecule has 0 bridgehead atoms. The van der Waals surface area contributed by atoms with E-state index in [0.717, 1.165) is 5.56 Å². The zero-order chi connectivity index (χ0) is 20.8. The van der Waals surface area contributed by atoms with Gasteiger partial charge in [0.15, 0.2) is 0 Å². The van der Waals surface area contributed by atoms with E-state index in [-0.39, 0.29) is 31.6 Å². The van der Waals surface area contributed by atoms with E-state index in [1.165, 1.54) is 9.80 Å². The van der Waals surface area contributed by atoms with Crippen LogP contribution in [0.4, 0.5) is 4.79 Å². The molecule has 0 radical (unpaired) electrons. The number of hydrogen-bond donors (Lipinski definition) is 1. The Morgan fingerprint density at radius 3 is 2.21 bits per heavy atom. The average Bonchev–Trinajstić information content (AvgIpc) is 3.00. The van der Waals surface area contributed by atoms with E-state index in [1.54, 1.807) is 31.3 Å². The minimum atomic E-state index is -0.534. The van der Waals surface area contributed by atoms with Crippen LogP contribution in [0.15, 0.2) is 54.6 Å². The lowest BCUT2D eigenvalue weighted by atomic mass is 10.1. The number of rotatable bonds is 8. The fourth-order valence-corrected chi connectivity index (χ4v) is 3.30. The maximum atomic E-state index is 12.4. The molecule has 1 aliphatic rings. The number of carbonyl (C=O) groups excluding carboxylic acids is 3. The van der Waals surface area contributed by atoms with E-state index < -0.39 is 12.1 Å². The number of nitrogens with zero attached hydrogens (tertiary/aromatic N) is 2. The van der Waals surface area contributed by atoms with E-state index in [2.05, 4.69) is 0 Å². The minimum absolute atomic E-state index is 0.150. The summed E-state index contributed by atoms with van der Waals surface area (Å²) in [6.07, 6.45) is 0.363. The minimum Gasteiger partial charge on any atom is -0.445 e. The summed E-state index contributed by atoms with van der Waals surface area (Å²) < 4.78 is 5.29. The van der Waals surface area contributed by atoms with Crippen molar-refractivity contribution in [3.05, 3.63) is 71.3 Å². The molecule has 29 heavy (non-hydrogen) atoms. The lowest BCUT2D eigenvalue weighted by Crippen LogP contribution is -2.40. The molecule has 0 saturated heterocycles. The Balaban J connectivity index is 1.49. The molecule has 2 aromatic carbocycles. The average molecular weight is 396 g/mol. The third-order valence-electron chi connectivity index (χ3n) is 5.05. The number of carbonyl (C=O) groups is 3. The number of aliphatic hydroxyl groups is 1. The second-order valence-corrected chi connectivity index (χ2v) is 6.94. The highest BCUT2D eigenvalue weighted by Crippen LogP contribution is 2.23. The molecule has 1 aliphatic heterocycles. The van der Waals surface area contributed by atoms with Crippen molar-refractivity contribution in [1.29, 1.82) is 0 Å². The van der Waals surface area contributed by atoms with Crippen LogP contribution < -0.4 is 0 Å². The van der Waals surface area contributed by atoms with Crippen molar-refractivity contribution in [3.8, 4) is 0 Å². The van der Waals surface area contributed by atoms with Gasteiger partial charge in [-0.25, -0.2) is 4.79 Å². The number of likely N-dealkylation sites (N-methyl/N-ethyl adjacent to an activating group) is 1. The monoisotopic (exact) mass is 396 g/mol. The van der Waals surface area contributed by atoms with Crippen LogP contribution in [0.2, 0.25) is 0 Å². The molecule has 0 spiro atoms. The number of fused-ring (bicyclic) bond motifs is 1. The standard InChI is InChI=1S/C22H24N2O5/c1-23(22(28)29-15-16-8-3-2-4-9-16)17(14-25)10-7-13-24-20(26)18-11-5-6-12-19(18)21(24)27/h2-6,8-9,11-12,17,25H,7,10,13-15H2,1H3/t17-/m0/s1. The van der Waals surface area contributed by atoms with Crippen LogP contribution in [-0.2, 0) is 11.3 Å². The predicted octanol–water partition coefficient (Wildman–Crippen LogP) is 2.69. The van der Waals surface area contributed by atoms with E-state index in [4.69, 9.17) is 4.74 Å². The zero-order valence-corrected chi connectivity index (χ0v) is 16.3. The van der Waals surface area contributed by atoms with Crippen LogP contribution in [0, 0.1) is 0 Å². The molecule has 0 aliphatic carbocycles. The van der Waals surface area contributed by atoms with Crippen LogP contribution in [0.3, 0.4) is 0 Å². The second-order valence-electron chi connectivity index (χ2n) is 6.94. The van der Waals surface area contributed by atoms with Crippen LogP contribution in [-0.4, -0.2) is 59.1 Å². The van der Waals surface area contributed by atoms with Gasteiger partial charge in [-0.3, -0.25) is 14.5 Å². The molecule has 0 unspecified atom stereocenters. The quantitative estimate of drug-likeness (QED) is 0.693. The first-order valence-electron chi connectivity index (χ1n) is 9.52. The highest BCUT2D eigenvalue weighted by molar-refractivity contribution is 6.21. The third-order valence-corrected chi connectivity index (χ3v) is 5.05. The first kappa shape index (κ1) is 20.5. The Kier molecular flexibility index (Phi) is 6.61. The molecule has 3 rings (SSSR count). The molecule has 7 heteroatoms. The molecule has 0 saturated carbocycles. The SMILES string of the molecule is CN(C(=O)OCc1ccccc1)[C@H](CO)CCCN1C(=O)c2ccccc2C1=O. The fourth-order valence-electron chi connectivity index (χ4n) is 3.30. The summed E-state index contributed by atoms with van der Waals surface area (Å²) in [5.41, 5.74) is 1.70. The van der Waals surface area contributed by atoms with Gasteiger partial charge in [-0.2, -0.15) is 0 Å². The van der Waals surface area contributed by atoms with E-state index in [1.807, 2.05) is 30.3 Å². The summed E-state index contributed by atoms with van der Waals surface area (Å²) in [7, 11) is 1.57. The lowest BCUT2D eigenvalue weighted by molar-refractivity contribution is 0.0618. The molecule has 1 heterocycles. The Morgan fingerprint density at radius 2 is 1.62 bits per heavy atom. The molecule has 152 valence electrons. The van der Waals surface area contributed by atoms with E-state index >= 15 is 0 Å². The first-order chi connectivity index (χ1) is 14.0. The van der Waals surface area contributed by atoms with Gasteiger partial charge in [0.2, 0.25) is 0 Å². The Hall–Kier alpha value is -3.19. The second kappa shape index (κ2) is 9.34. The van der Waals surface area contributed by atoms with Gasteiger partial charge in [-0.15, -0.1) is 0 Å². The molecular weight excluding hydrogens is 372 g/mol. The van der Waals surface area contributed by atoms with Crippen molar-refractivity contribution in [1.82, 2.24) is 9.80 Å². The topological polar surface area (TPSA) is 87.2 Å². The van der Waals surface area contributed by atoms with E-state index in [9.17, 15) is 19.5 Å². The number of ether oxygens (including phenoxy) is 1. The van der Waals surface area contributed by atoms with Crippen molar-refractivity contribution in [2.24, 2.45) is 0 Å². The van der Waals surface area contributed by atoms with Gasteiger partial charge in [-0.1, -0.05) is 42.5 Å². The normalized spacial score (nSPS) is 13.9. The summed E-state index contributed by atoms with van der Waals surface area (Å²) in [5, 5.41) is 9.67. The van der Waals surface area contributed by atoms with Crippen LogP contribution >= 0.6 is 0 Å². The Morgan fingerprint density at radius 1 is 1.03 bits per heavy atom. The molecular formula is C22H24N2O5. The lowest BCUT2D eigenvalue weighted by Gasteiger charge is -2.26. The van der Waals surface area contributed by atoms with Crippen LogP contribution in [0.25, 0.3) is 0 Å². The van der Waals surface area contributed by atoms with Gasteiger partial charge in [-0.05, 0) is 30.5 Å². The van der Waals surface area contributed by atoms with Crippen molar-refractivity contribution < 1.29 is 24.2 Å². The Bertz CT molecular complexity index is 849. The largest absolute Gasteiger partial charge is 0.445 e. The highest BCUT2D eigenvalue weighted by Gasteiger charge is 2.34. The molecule has 7 nitrogen and oxygen atoms in total. The van der Waals surface area contributed by atoms with Gasteiger partial charge in [0.25, 0.3) is 11.8 Å². The highest BCUT2D eigenvalue weighted by atomic mass is 16.6. The fraction of sp³-hybridized carbons (Fsp3) is 0.318. The molecule has 1 N–H and O–H groups in total. The first-order valence-corrected chi connectivity index (χ1v) is 9.52. The molecule has 2 aromatic rings. The van der Waals surface area contributed by atoms with Crippen molar-refractivity contribution >= 4 is 17.9 Å². The molecule has 0 aromatic heterocycles. The number of amides is 3. The van der Waals surface area contributed by atoms with Gasteiger partial charge in [0, 0.05) is 13.6 Å². The maximum Gasteiger partial charge on any atom is 0.410 e. The van der Waals surface area contributed by atoms with Crippen LogP contribution in [0.5, 0.6) is 0 Å². The summed E-state index contributed by atoms with van der Waals surface area (Å²) in [6, 6.07) is 15.6. The Labute approximate surface area is 169 Å². The number of aliphatic hydroxyl groups excluding tert-OH is 1. The summed E-state index contributed by atoms with van der Waals surface area (Å²) in [5.74, 6) is -0.608. The van der Waals surface area contributed by atoms with Crippen LogP contribution in [0.1, 0.15) is 39.1 Å².